The zero-order chi connectivity index (χ0) is 15.1. The molecule has 0 aromatic rings. The van der Waals surface area contributed by atoms with Crippen LogP contribution in [0, 0.1) is 4.91 Å². The number of carbonyl (C=O) groups excluding carboxylic acids is 1. The smallest absolute Gasteiger partial charge is 0.340 e. The molecule has 0 aliphatic carbocycles. The van der Waals surface area contributed by atoms with Crippen molar-refractivity contribution in [1.82, 2.24) is 10.3 Å². The minimum atomic E-state index is -1.13. The molecule has 1 saturated heterocycles. The number of hydrogen-bond acceptors (Lipinski definition) is 7. The minimum Gasteiger partial charge on any atom is -0.394 e. The van der Waals surface area contributed by atoms with E-state index in [0.717, 1.165) is 0 Å². The molecule has 3 N–H and O–H groups in total. The first-order chi connectivity index (χ1) is 9.57. The molecular formula is C10H18ClN3O6. The first kappa shape index (κ1) is 17.1. The summed E-state index contributed by atoms with van der Waals surface area (Å²) in [5, 5.41) is 24.7. The number of nitroso groups, excluding NO2 is 1. The molecule has 1 rings (SSSR count). The second-order valence-electron chi connectivity index (χ2n) is 4.20. The summed E-state index contributed by atoms with van der Waals surface area (Å²) >= 11 is 5.44. The maximum Gasteiger partial charge on any atom is 0.340 e. The van der Waals surface area contributed by atoms with Gasteiger partial charge >= 0.3 is 6.03 Å². The molecule has 0 saturated carbocycles. The summed E-state index contributed by atoms with van der Waals surface area (Å²) in [5.74, 6) is 0.0510. The molecule has 0 radical (unpaired) electrons. The lowest BCUT2D eigenvalue weighted by molar-refractivity contribution is -0.227. The molecule has 1 heterocycles. The average Bonchev–Trinajstić information content (AvgIpc) is 2.46. The van der Waals surface area contributed by atoms with E-state index in [1.807, 2.05) is 0 Å². The van der Waals surface area contributed by atoms with E-state index in [0.29, 0.717) is 5.01 Å². The van der Waals surface area contributed by atoms with Gasteiger partial charge in [0.15, 0.2) is 6.29 Å². The number of ether oxygens (including phenoxy) is 2. The summed E-state index contributed by atoms with van der Waals surface area (Å²) in [7, 11) is 1.41. The van der Waals surface area contributed by atoms with Crippen molar-refractivity contribution in [3.8, 4) is 0 Å². The number of aliphatic hydroxyl groups is 2. The summed E-state index contributed by atoms with van der Waals surface area (Å²) in [4.78, 5) is 22.3. The van der Waals surface area contributed by atoms with Gasteiger partial charge in [0.05, 0.1) is 24.5 Å². The molecule has 1 fully saturated rings. The first-order valence-electron chi connectivity index (χ1n) is 6.01. The summed E-state index contributed by atoms with van der Waals surface area (Å²) in [6.45, 7) is -0.474. The number of hydrogen-bond donors (Lipinski definition) is 3. The topological polar surface area (TPSA) is 121 Å². The van der Waals surface area contributed by atoms with Crippen LogP contribution in [0.4, 0.5) is 4.79 Å². The van der Waals surface area contributed by atoms with E-state index in [9.17, 15) is 14.8 Å². The maximum atomic E-state index is 11.8. The molecule has 0 aromatic heterocycles. The van der Waals surface area contributed by atoms with E-state index in [1.54, 1.807) is 0 Å². The van der Waals surface area contributed by atoms with Crippen LogP contribution in [0.3, 0.4) is 0 Å². The second kappa shape index (κ2) is 8.32. The molecule has 0 unspecified atom stereocenters. The third-order valence-corrected chi connectivity index (χ3v) is 3.12. The fourth-order valence-corrected chi connectivity index (χ4v) is 2.04. The standard InChI is InChI=1S/C10H18ClN3O6/c1-19-8-4-6(9(16)7(5-15)20-8)12-10(17)14(13-18)3-2-11/h6-9,15-16H,2-5H2,1H3,(H,12,17)/t6-,7-,8+,9+/m1/s1. The van der Waals surface area contributed by atoms with Gasteiger partial charge in [-0.25, -0.2) is 4.79 Å². The Labute approximate surface area is 120 Å². The molecule has 0 aromatic carbocycles. The van der Waals surface area contributed by atoms with E-state index in [4.69, 9.17) is 26.2 Å². The predicted molar refractivity (Wildman–Crippen MR) is 68.9 cm³/mol. The third kappa shape index (κ3) is 4.25. The number of methoxy groups -OCH3 is 1. The van der Waals surface area contributed by atoms with Gasteiger partial charge in [-0.05, 0) is 0 Å². The van der Waals surface area contributed by atoms with Crippen molar-refractivity contribution < 1.29 is 24.5 Å². The van der Waals surface area contributed by atoms with Gasteiger partial charge < -0.3 is 25.0 Å². The molecule has 9 nitrogen and oxygen atoms in total. The summed E-state index contributed by atoms with van der Waals surface area (Å²) < 4.78 is 10.3. The van der Waals surface area contributed by atoms with Crippen LogP contribution in [0.2, 0.25) is 0 Å². The van der Waals surface area contributed by atoms with Gasteiger partial charge in [-0.15, -0.1) is 16.5 Å². The van der Waals surface area contributed by atoms with Crippen molar-refractivity contribution in [3.05, 3.63) is 4.91 Å². The molecule has 2 amide bonds. The number of halogens is 1. The first-order valence-corrected chi connectivity index (χ1v) is 6.55. The fraction of sp³-hybridized carbons (Fsp3) is 0.900. The molecule has 20 heavy (non-hydrogen) atoms. The number of rotatable bonds is 6. The Hall–Kier alpha value is -1.00. The Balaban J connectivity index is 2.67. The highest BCUT2D eigenvalue weighted by Crippen LogP contribution is 2.21. The average molecular weight is 312 g/mol. The number of nitrogens with one attached hydrogen (secondary N) is 1. The van der Waals surface area contributed by atoms with Crippen LogP contribution in [0.1, 0.15) is 6.42 Å². The maximum absolute atomic E-state index is 11.8. The number of urea groups is 1. The van der Waals surface area contributed by atoms with Crippen LogP contribution in [0.25, 0.3) is 0 Å². The largest absolute Gasteiger partial charge is 0.394 e. The van der Waals surface area contributed by atoms with Crippen LogP contribution in [0.15, 0.2) is 5.29 Å². The number of aliphatic hydroxyl groups excluding tert-OH is 2. The van der Waals surface area contributed by atoms with Gasteiger partial charge in [-0.3, -0.25) is 0 Å². The summed E-state index contributed by atoms with van der Waals surface area (Å²) in [6, 6.07) is -1.52. The summed E-state index contributed by atoms with van der Waals surface area (Å²) in [5.41, 5.74) is 0. The summed E-state index contributed by atoms with van der Waals surface area (Å²) in [6.07, 6.45) is -2.51. The lowest BCUT2D eigenvalue weighted by Crippen LogP contribution is -2.58. The van der Waals surface area contributed by atoms with E-state index < -0.39 is 37.2 Å². The highest BCUT2D eigenvalue weighted by molar-refractivity contribution is 6.18. The Bertz CT molecular complexity index is 334. The van der Waals surface area contributed by atoms with Crippen molar-refractivity contribution in [1.29, 1.82) is 0 Å². The van der Waals surface area contributed by atoms with Crippen LogP contribution >= 0.6 is 11.6 Å². The quantitative estimate of drug-likeness (QED) is 0.342. The molecule has 4 atom stereocenters. The number of carbonyl (C=O) groups is 1. The predicted octanol–water partition coefficient (Wildman–Crippen LogP) is -0.599. The SMILES string of the molecule is CO[C@@H]1C[C@@H](NC(=O)N(CCCl)N=O)[C@H](O)[C@@H](CO)O1. The van der Waals surface area contributed by atoms with Gasteiger partial charge in [0.2, 0.25) is 0 Å². The molecule has 1 aliphatic rings. The van der Waals surface area contributed by atoms with Crippen molar-refractivity contribution >= 4 is 17.6 Å². The van der Waals surface area contributed by atoms with Crippen LogP contribution in [-0.4, -0.2) is 71.9 Å². The second-order valence-corrected chi connectivity index (χ2v) is 4.58. The molecular weight excluding hydrogens is 294 g/mol. The normalized spacial score (nSPS) is 29.8. The molecule has 0 bridgehead atoms. The Morgan fingerprint density at radius 3 is 2.85 bits per heavy atom. The van der Waals surface area contributed by atoms with E-state index in [1.165, 1.54) is 7.11 Å². The van der Waals surface area contributed by atoms with Gasteiger partial charge in [0.1, 0.15) is 12.2 Å². The number of nitrogens with zero attached hydrogens (tertiary/aromatic N) is 2. The molecule has 0 spiro atoms. The van der Waals surface area contributed by atoms with Gasteiger partial charge in [-0.2, -0.15) is 5.01 Å². The third-order valence-electron chi connectivity index (χ3n) is 2.95. The molecule has 116 valence electrons. The fourth-order valence-electron chi connectivity index (χ4n) is 1.88. The molecule has 1 aliphatic heterocycles. The lowest BCUT2D eigenvalue weighted by Gasteiger charge is -2.38. The highest BCUT2D eigenvalue weighted by Gasteiger charge is 2.38. The van der Waals surface area contributed by atoms with Gasteiger partial charge in [0, 0.05) is 19.4 Å². The van der Waals surface area contributed by atoms with Crippen LogP contribution in [-0.2, 0) is 9.47 Å². The van der Waals surface area contributed by atoms with E-state index in [2.05, 4.69) is 10.6 Å². The van der Waals surface area contributed by atoms with Crippen molar-refractivity contribution in [2.75, 3.05) is 26.1 Å². The zero-order valence-corrected chi connectivity index (χ0v) is 11.7. The lowest BCUT2D eigenvalue weighted by atomic mass is 9.99. The Kier molecular flexibility index (Phi) is 7.10. The Morgan fingerprint density at radius 2 is 2.35 bits per heavy atom. The van der Waals surface area contributed by atoms with Crippen molar-refractivity contribution in [3.63, 3.8) is 0 Å². The zero-order valence-electron chi connectivity index (χ0n) is 10.9. The highest BCUT2D eigenvalue weighted by atomic mass is 35.5. The number of alkyl halides is 1. The van der Waals surface area contributed by atoms with Gasteiger partial charge in [-0.1, -0.05) is 0 Å². The van der Waals surface area contributed by atoms with E-state index in [-0.39, 0.29) is 18.8 Å². The van der Waals surface area contributed by atoms with Crippen molar-refractivity contribution in [2.24, 2.45) is 5.29 Å². The van der Waals surface area contributed by atoms with Crippen LogP contribution in [0.5, 0.6) is 0 Å². The monoisotopic (exact) mass is 311 g/mol. The van der Waals surface area contributed by atoms with Gasteiger partial charge in [0.25, 0.3) is 0 Å². The molecule has 10 heteroatoms. The number of amides is 2. The minimum absolute atomic E-state index is 0.0483. The van der Waals surface area contributed by atoms with Crippen LogP contribution < -0.4 is 5.32 Å². The Morgan fingerprint density at radius 1 is 1.65 bits per heavy atom. The van der Waals surface area contributed by atoms with E-state index >= 15 is 0 Å². The van der Waals surface area contributed by atoms with Crippen molar-refractivity contribution in [2.45, 2.75) is 31.0 Å².